The second-order valence-corrected chi connectivity index (χ2v) is 6.86. The fourth-order valence-corrected chi connectivity index (χ4v) is 3.99. The van der Waals surface area contributed by atoms with Crippen molar-refractivity contribution in [2.75, 3.05) is 39.8 Å². The minimum absolute atomic E-state index is 0.0801. The van der Waals surface area contributed by atoms with Crippen molar-refractivity contribution >= 4 is 18.0 Å². The molecule has 1 amide bonds. The summed E-state index contributed by atoms with van der Waals surface area (Å²) in [5.41, 5.74) is -0.0474. The minimum atomic E-state index is -1.02. The summed E-state index contributed by atoms with van der Waals surface area (Å²) in [5, 5.41) is 9.80. The second-order valence-electron chi connectivity index (χ2n) is 6.86. The van der Waals surface area contributed by atoms with Crippen molar-refractivity contribution in [3.05, 3.63) is 48.6 Å². The number of benzene rings is 1. The number of ether oxygens (including phenoxy) is 1. The third-order valence-corrected chi connectivity index (χ3v) is 5.27. The first-order valence-corrected chi connectivity index (χ1v) is 8.67. The van der Waals surface area contributed by atoms with E-state index in [0.717, 1.165) is 11.3 Å². The third-order valence-electron chi connectivity index (χ3n) is 5.27. The van der Waals surface area contributed by atoms with Crippen LogP contribution in [0.5, 0.6) is 5.75 Å². The van der Waals surface area contributed by atoms with Crippen LogP contribution in [0.25, 0.3) is 6.08 Å². The third kappa shape index (κ3) is 3.12. The van der Waals surface area contributed by atoms with Crippen molar-refractivity contribution in [1.82, 2.24) is 9.80 Å². The maximum absolute atomic E-state index is 12.6. The summed E-state index contributed by atoms with van der Waals surface area (Å²) >= 11 is 0. The highest BCUT2D eigenvalue weighted by Crippen LogP contribution is 2.43. The first kappa shape index (κ1) is 18.2. The molecular weight excluding hydrogens is 332 g/mol. The van der Waals surface area contributed by atoms with Crippen LogP contribution in [-0.2, 0) is 9.59 Å². The van der Waals surface area contributed by atoms with Gasteiger partial charge >= 0.3 is 5.97 Å². The summed E-state index contributed by atoms with van der Waals surface area (Å²) in [7, 11) is 1.63. The van der Waals surface area contributed by atoms with Gasteiger partial charge in [-0.25, -0.2) is 0 Å². The molecule has 0 aliphatic carbocycles. The molecule has 0 aromatic heterocycles. The van der Waals surface area contributed by atoms with Crippen molar-refractivity contribution in [1.29, 1.82) is 0 Å². The van der Waals surface area contributed by atoms with Gasteiger partial charge in [0.2, 0.25) is 5.91 Å². The van der Waals surface area contributed by atoms with E-state index in [-0.39, 0.29) is 12.5 Å². The van der Waals surface area contributed by atoms with Crippen LogP contribution in [0.4, 0.5) is 0 Å². The molecule has 26 heavy (non-hydrogen) atoms. The number of carbonyl (C=O) groups excluding carboxylic acids is 1. The van der Waals surface area contributed by atoms with Gasteiger partial charge in [0.15, 0.2) is 0 Å². The van der Waals surface area contributed by atoms with Crippen LogP contribution in [0.15, 0.2) is 43.0 Å². The van der Waals surface area contributed by atoms with Gasteiger partial charge in [-0.1, -0.05) is 36.4 Å². The van der Waals surface area contributed by atoms with Crippen LogP contribution in [0.3, 0.4) is 0 Å². The van der Waals surface area contributed by atoms with Gasteiger partial charge in [-0.3, -0.25) is 14.5 Å². The fraction of sp³-hybridized carbons (Fsp3) is 0.400. The highest BCUT2D eigenvalue weighted by molar-refractivity contribution is 5.92. The summed E-state index contributed by atoms with van der Waals surface area (Å²) < 4.78 is 5.32. The lowest BCUT2D eigenvalue weighted by atomic mass is 9.81. The Bertz CT molecular complexity index is 745. The number of carboxylic acids is 1. The molecule has 2 aliphatic rings. The number of carboxylic acid groups (broad SMARTS) is 1. The molecule has 0 saturated carbocycles. The Morgan fingerprint density at radius 1 is 1.38 bits per heavy atom. The molecule has 1 aromatic carbocycles. The number of para-hydroxylation sites is 1. The lowest BCUT2D eigenvalue weighted by Gasteiger charge is -2.24. The summed E-state index contributed by atoms with van der Waals surface area (Å²) in [6, 6.07) is 7.71. The summed E-state index contributed by atoms with van der Waals surface area (Å²) in [6.07, 6.45) is 5.59. The van der Waals surface area contributed by atoms with Gasteiger partial charge in [-0.05, 0) is 6.07 Å². The van der Waals surface area contributed by atoms with Crippen LogP contribution in [0.1, 0.15) is 5.56 Å². The lowest BCUT2D eigenvalue weighted by Crippen LogP contribution is -2.41. The highest BCUT2D eigenvalue weighted by atomic mass is 16.5. The quantitative estimate of drug-likeness (QED) is 0.754. The number of amides is 1. The number of fused-ring (bicyclic) bond motifs is 1. The zero-order valence-electron chi connectivity index (χ0n) is 14.9. The van der Waals surface area contributed by atoms with E-state index in [4.69, 9.17) is 4.74 Å². The van der Waals surface area contributed by atoms with Crippen molar-refractivity contribution in [2.45, 2.75) is 0 Å². The molecule has 2 heterocycles. The van der Waals surface area contributed by atoms with E-state index >= 15 is 0 Å². The molecule has 6 nitrogen and oxygen atoms in total. The topological polar surface area (TPSA) is 70.1 Å². The Hall–Kier alpha value is -2.60. The standard InChI is InChI=1S/C20H24N2O4/c1-3-10-22-14-20(19(24)25)13-21(12-16(20)18(22)23)11-6-8-15-7-4-5-9-17(15)26-2/h3-9,16H,1,10-14H2,2H3,(H,24,25)/b8-6+/t16-,20-/m0/s1. The van der Waals surface area contributed by atoms with Crippen LogP contribution in [-0.4, -0.2) is 66.6 Å². The predicted octanol–water partition coefficient (Wildman–Crippen LogP) is 1.74. The molecule has 0 bridgehead atoms. The Morgan fingerprint density at radius 2 is 2.15 bits per heavy atom. The molecule has 6 heteroatoms. The average molecular weight is 356 g/mol. The van der Waals surface area contributed by atoms with E-state index < -0.39 is 17.3 Å². The number of hydrogen-bond acceptors (Lipinski definition) is 4. The van der Waals surface area contributed by atoms with Gasteiger partial charge in [0.1, 0.15) is 11.2 Å². The number of aliphatic carboxylic acids is 1. The summed E-state index contributed by atoms with van der Waals surface area (Å²) in [4.78, 5) is 28.2. The molecule has 1 N–H and O–H groups in total. The normalized spacial score (nSPS) is 25.7. The lowest BCUT2D eigenvalue weighted by molar-refractivity contribution is -0.149. The van der Waals surface area contributed by atoms with E-state index in [1.807, 2.05) is 41.3 Å². The van der Waals surface area contributed by atoms with Crippen molar-refractivity contribution in [3.8, 4) is 5.75 Å². The molecule has 2 atom stereocenters. The van der Waals surface area contributed by atoms with Gasteiger partial charge in [-0.2, -0.15) is 0 Å². The highest BCUT2D eigenvalue weighted by Gasteiger charge is 2.61. The number of methoxy groups -OCH3 is 1. The van der Waals surface area contributed by atoms with Crippen LogP contribution in [0.2, 0.25) is 0 Å². The molecular formula is C20H24N2O4. The van der Waals surface area contributed by atoms with Gasteiger partial charge in [0.25, 0.3) is 0 Å². The van der Waals surface area contributed by atoms with E-state index in [1.54, 1.807) is 18.1 Å². The summed E-state index contributed by atoms with van der Waals surface area (Å²) in [5.74, 6) is -0.666. The largest absolute Gasteiger partial charge is 0.496 e. The molecule has 0 radical (unpaired) electrons. The average Bonchev–Trinajstić information content (AvgIpc) is 3.12. The zero-order valence-corrected chi connectivity index (χ0v) is 14.9. The fourth-order valence-electron chi connectivity index (χ4n) is 3.99. The van der Waals surface area contributed by atoms with Crippen LogP contribution in [0, 0.1) is 11.3 Å². The van der Waals surface area contributed by atoms with Gasteiger partial charge in [0.05, 0.1) is 13.0 Å². The first-order chi connectivity index (χ1) is 12.5. The number of rotatable bonds is 7. The monoisotopic (exact) mass is 356 g/mol. The molecule has 0 unspecified atom stereocenters. The molecule has 138 valence electrons. The molecule has 2 aliphatic heterocycles. The van der Waals surface area contributed by atoms with Gasteiger partial charge in [0, 0.05) is 38.3 Å². The smallest absolute Gasteiger partial charge is 0.313 e. The SMILES string of the molecule is C=CCN1C[C@@]2(C(=O)O)CN(C/C=C/c3ccccc3OC)C[C@H]2C1=O. The van der Waals surface area contributed by atoms with Crippen molar-refractivity contribution < 1.29 is 19.4 Å². The Kier molecular flexibility index (Phi) is 5.13. The molecule has 2 saturated heterocycles. The Labute approximate surface area is 153 Å². The molecule has 3 rings (SSSR count). The Morgan fingerprint density at radius 3 is 2.81 bits per heavy atom. The number of likely N-dealkylation sites (tertiary alicyclic amines) is 2. The number of carbonyl (C=O) groups is 2. The van der Waals surface area contributed by atoms with Crippen molar-refractivity contribution in [3.63, 3.8) is 0 Å². The molecule has 2 fully saturated rings. The van der Waals surface area contributed by atoms with E-state index in [9.17, 15) is 14.7 Å². The van der Waals surface area contributed by atoms with E-state index in [1.165, 1.54) is 0 Å². The van der Waals surface area contributed by atoms with Crippen molar-refractivity contribution in [2.24, 2.45) is 11.3 Å². The second kappa shape index (κ2) is 7.33. The van der Waals surface area contributed by atoms with Crippen LogP contribution >= 0.6 is 0 Å². The molecule has 1 aromatic rings. The zero-order chi connectivity index (χ0) is 18.7. The minimum Gasteiger partial charge on any atom is -0.496 e. The maximum Gasteiger partial charge on any atom is 0.313 e. The number of nitrogens with zero attached hydrogens (tertiary/aromatic N) is 2. The van der Waals surface area contributed by atoms with E-state index in [2.05, 4.69) is 6.58 Å². The number of hydrogen-bond donors (Lipinski definition) is 1. The summed E-state index contributed by atoms with van der Waals surface area (Å²) in [6.45, 7) is 5.74. The first-order valence-electron chi connectivity index (χ1n) is 8.67. The predicted molar refractivity (Wildman–Crippen MR) is 98.8 cm³/mol. The van der Waals surface area contributed by atoms with Crippen LogP contribution < -0.4 is 4.74 Å². The van der Waals surface area contributed by atoms with Gasteiger partial charge in [-0.15, -0.1) is 6.58 Å². The van der Waals surface area contributed by atoms with Gasteiger partial charge < -0.3 is 14.7 Å². The Balaban J connectivity index is 1.70. The molecule has 0 spiro atoms. The maximum atomic E-state index is 12.6. The van der Waals surface area contributed by atoms with E-state index in [0.29, 0.717) is 26.2 Å².